The molecule has 0 spiro atoms. The highest BCUT2D eigenvalue weighted by molar-refractivity contribution is 6.39. The van der Waals surface area contributed by atoms with Crippen LogP contribution in [0.25, 0.3) is 0 Å². The fourth-order valence-electron chi connectivity index (χ4n) is 3.37. The van der Waals surface area contributed by atoms with Gasteiger partial charge in [-0.05, 0) is 43.8 Å². The van der Waals surface area contributed by atoms with Crippen LogP contribution in [0.1, 0.15) is 17.2 Å². The van der Waals surface area contributed by atoms with Crippen LogP contribution in [-0.2, 0) is 9.59 Å². The van der Waals surface area contributed by atoms with E-state index < -0.39 is 11.8 Å². The summed E-state index contributed by atoms with van der Waals surface area (Å²) in [4.78, 5) is 29.0. The molecule has 1 heterocycles. The van der Waals surface area contributed by atoms with Crippen molar-refractivity contribution in [3.8, 4) is 0 Å². The highest BCUT2D eigenvalue weighted by Crippen LogP contribution is 2.22. The fourth-order valence-corrected chi connectivity index (χ4v) is 3.37. The highest BCUT2D eigenvalue weighted by Gasteiger charge is 2.25. The van der Waals surface area contributed by atoms with Crippen molar-refractivity contribution in [1.82, 2.24) is 15.1 Å². The number of anilines is 1. The van der Waals surface area contributed by atoms with Gasteiger partial charge in [0.25, 0.3) is 0 Å². The Morgan fingerprint density at radius 1 is 0.966 bits per heavy atom. The molecule has 0 radical (unpaired) electrons. The van der Waals surface area contributed by atoms with Crippen LogP contribution >= 0.6 is 0 Å². The molecule has 0 bridgehead atoms. The fraction of sp³-hybridized carbons (Fsp3) is 0.364. The van der Waals surface area contributed by atoms with Gasteiger partial charge in [0, 0.05) is 38.4 Å². The molecule has 6 nitrogen and oxygen atoms in total. The Bertz CT molecular complexity index is 831. The molecule has 1 fully saturated rings. The number of likely N-dealkylation sites (N-methyl/N-ethyl adjacent to an activating group) is 1. The number of carbonyl (C=O) groups excluding carboxylic acids is 2. The zero-order valence-corrected chi connectivity index (χ0v) is 16.8. The molecule has 0 aromatic heterocycles. The van der Waals surface area contributed by atoms with E-state index in [1.807, 2.05) is 19.1 Å². The molecule has 2 N–H and O–H groups in total. The molecule has 0 aliphatic carbocycles. The number of hydrogen-bond acceptors (Lipinski definition) is 4. The van der Waals surface area contributed by atoms with Crippen LogP contribution in [0.4, 0.5) is 10.1 Å². The van der Waals surface area contributed by atoms with Crippen LogP contribution in [0.15, 0.2) is 48.5 Å². The summed E-state index contributed by atoms with van der Waals surface area (Å²) in [6, 6.07) is 13.4. The van der Waals surface area contributed by atoms with Crippen molar-refractivity contribution in [2.45, 2.75) is 13.0 Å². The van der Waals surface area contributed by atoms with E-state index in [0.29, 0.717) is 5.69 Å². The van der Waals surface area contributed by atoms with E-state index in [1.54, 1.807) is 24.3 Å². The number of nitrogens with zero attached hydrogens (tertiary/aromatic N) is 2. The summed E-state index contributed by atoms with van der Waals surface area (Å²) in [5.41, 5.74) is 2.56. The minimum absolute atomic E-state index is 0.125. The monoisotopic (exact) mass is 398 g/mol. The van der Waals surface area contributed by atoms with Crippen LogP contribution < -0.4 is 10.6 Å². The predicted octanol–water partition coefficient (Wildman–Crippen LogP) is 2.18. The maximum absolute atomic E-state index is 13.4. The lowest BCUT2D eigenvalue weighted by Gasteiger charge is -2.38. The first kappa shape index (κ1) is 21.0. The SMILES string of the molecule is Cc1ccc(NC(=O)C(=O)NCC(c2ccc(F)cc2)N2CCN(C)CC2)cc1. The number of piperazine rings is 1. The number of halogens is 1. The van der Waals surface area contributed by atoms with Gasteiger partial charge in [0.2, 0.25) is 0 Å². The molecule has 1 aliphatic rings. The number of hydrogen-bond donors (Lipinski definition) is 2. The van der Waals surface area contributed by atoms with Crippen molar-refractivity contribution in [2.75, 3.05) is 45.1 Å². The number of benzene rings is 2. The van der Waals surface area contributed by atoms with E-state index in [9.17, 15) is 14.0 Å². The van der Waals surface area contributed by atoms with Crippen LogP contribution in [0.3, 0.4) is 0 Å². The first-order valence-electron chi connectivity index (χ1n) is 9.76. The van der Waals surface area contributed by atoms with E-state index in [2.05, 4.69) is 27.5 Å². The maximum Gasteiger partial charge on any atom is 0.313 e. The predicted molar refractivity (Wildman–Crippen MR) is 111 cm³/mol. The van der Waals surface area contributed by atoms with Gasteiger partial charge in [-0.3, -0.25) is 14.5 Å². The first-order valence-corrected chi connectivity index (χ1v) is 9.76. The molecule has 1 saturated heterocycles. The molecule has 1 atom stereocenters. The zero-order chi connectivity index (χ0) is 20.8. The largest absolute Gasteiger partial charge is 0.346 e. The first-order chi connectivity index (χ1) is 13.9. The quantitative estimate of drug-likeness (QED) is 0.758. The molecule has 2 amide bonds. The van der Waals surface area contributed by atoms with Crippen molar-refractivity contribution < 1.29 is 14.0 Å². The molecule has 2 aromatic rings. The lowest BCUT2D eigenvalue weighted by molar-refractivity contribution is -0.136. The number of aryl methyl sites for hydroxylation is 1. The van der Waals surface area contributed by atoms with Gasteiger partial charge in [0.1, 0.15) is 5.82 Å². The summed E-state index contributed by atoms with van der Waals surface area (Å²) < 4.78 is 13.4. The molecule has 2 aromatic carbocycles. The lowest BCUT2D eigenvalue weighted by Crippen LogP contribution is -2.49. The summed E-state index contributed by atoms with van der Waals surface area (Å²) in [6.45, 7) is 5.73. The summed E-state index contributed by atoms with van der Waals surface area (Å²) in [6.07, 6.45) is 0. The molecule has 29 heavy (non-hydrogen) atoms. The molecule has 3 rings (SSSR count). The van der Waals surface area contributed by atoms with Crippen molar-refractivity contribution in [1.29, 1.82) is 0 Å². The number of rotatable bonds is 5. The summed E-state index contributed by atoms with van der Waals surface area (Å²) in [5.74, 6) is -1.69. The van der Waals surface area contributed by atoms with Gasteiger partial charge >= 0.3 is 11.8 Å². The molecule has 154 valence electrons. The van der Waals surface area contributed by atoms with Crippen LogP contribution in [0.2, 0.25) is 0 Å². The third-order valence-electron chi connectivity index (χ3n) is 5.21. The van der Waals surface area contributed by atoms with Crippen molar-refractivity contribution in [2.24, 2.45) is 0 Å². The Kier molecular flexibility index (Phi) is 6.95. The zero-order valence-electron chi connectivity index (χ0n) is 16.8. The molecular formula is C22H27FN4O2. The highest BCUT2D eigenvalue weighted by atomic mass is 19.1. The Labute approximate surface area is 170 Å². The Balaban J connectivity index is 1.63. The molecule has 7 heteroatoms. The van der Waals surface area contributed by atoms with Gasteiger partial charge in [-0.2, -0.15) is 0 Å². The van der Waals surface area contributed by atoms with E-state index in [0.717, 1.165) is 37.3 Å². The summed E-state index contributed by atoms with van der Waals surface area (Å²) in [5, 5.41) is 5.34. The summed E-state index contributed by atoms with van der Waals surface area (Å²) in [7, 11) is 2.07. The average Bonchev–Trinajstić information content (AvgIpc) is 2.72. The summed E-state index contributed by atoms with van der Waals surface area (Å²) >= 11 is 0. The Hall–Kier alpha value is -2.77. The third kappa shape index (κ3) is 5.85. The van der Waals surface area contributed by atoms with Crippen molar-refractivity contribution >= 4 is 17.5 Å². The van der Waals surface area contributed by atoms with Crippen LogP contribution in [-0.4, -0.2) is 61.4 Å². The van der Waals surface area contributed by atoms with Gasteiger partial charge in [0.15, 0.2) is 0 Å². The van der Waals surface area contributed by atoms with E-state index in [1.165, 1.54) is 12.1 Å². The lowest BCUT2D eigenvalue weighted by atomic mass is 10.0. The van der Waals surface area contributed by atoms with Crippen LogP contribution in [0, 0.1) is 12.7 Å². The van der Waals surface area contributed by atoms with Gasteiger partial charge in [-0.25, -0.2) is 4.39 Å². The second-order valence-electron chi connectivity index (χ2n) is 7.44. The van der Waals surface area contributed by atoms with Crippen molar-refractivity contribution in [3.05, 3.63) is 65.5 Å². The Morgan fingerprint density at radius 3 is 2.21 bits per heavy atom. The van der Waals surface area contributed by atoms with Gasteiger partial charge in [0.05, 0.1) is 6.04 Å². The molecular weight excluding hydrogens is 371 g/mol. The average molecular weight is 398 g/mol. The second kappa shape index (κ2) is 9.62. The number of nitrogens with one attached hydrogen (secondary N) is 2. The molecule has 0 saturated carbocycles. The van der Waals surface area contributed by atoms with E-state index in [4.69, 9.17) is 0 Å². The van der Waals surface area contributed by atoms with Crippen molar-refractivity contribution in [3.63, 3.8) is 0 Å². The van der Waals surface area contributed by atoms with Gasteiger partial charge in [-0.15, -0.1) is 0 Å². The van der Waals surface area contributed by atoms with E-state index >= 15 is 0 Å². The van der Waals surface area contributed by atoms with Crippen LogP contribution in [0.5, 0.6) is 0 Å². The Morgan fingerprint density at radius 2 is 1.59 bits per heavy atom. The minimum Gasteiger partial charge on any atom is -0.346 e. The maximum atomic E-state index is 13.4. The number of amides is 2. The molecule has 1 aliphatic heterocycles. The third-order valence-corrected chi connectivity index (χ3v) is 5.21. The topological polar surface area (TPSA) is 64.7 Å². The normalized spacial score (nSPS) is 16.2. The molecule has 1 unspecified atom stereocenters. The second-order valence-corrected chi connectivity index (χ2v) is 7.44. The minimum atomic E-state index is -0.704. The standard InChI is InChI=1S/C22H27FN4O2/c1-16-3-9-19(10-4-16)25-22(29)21(28)24-15-20(17-5-7-18(23)8-6-17)27-13-11-26(2)12-14-27/h3-10,20H,11-15H2,1-2H3,(H,24,28)(H,25,29). The van der Waals surface area contributed by atoms with Gasteiger partial charge in [-0.1, -0.05) is 29.8 Å². The smallest absolute Gasteiger partial charge is 0.313 e. The number of carbonyl (C=O) groups is 2. The van der Waals surface area contributed by atoms with E-state index in [-0.39, 0.29) is 18.4 Å². The van der Waals surface area contributed by atoms with Gasteiger partial charge < -0.3 is 15.5 Å².